The monoisotopic (exact) mass is 600 g/mol. The van der Waals surface area contributed by atoms with Crippen molar-refractivity contribution in [1.29, 1.82) is 0 Å². The van der Waals surface area contributed by atoms with E-state index in [-0.39, 0.29) is 0 Å². The third-order valence-electron chi connectivity index (χ3n) is 10.6. The number of hydrogen-bond acceptors (Lipinski definition) is 1. The lowest BCUT2D eigenvalue weighted by atomic mass is 9.61. The van der Waals surface area contributed by atoms with Gasteiger partial charge in [0, 0.05) is 44.4 Å². The number of hydrogen-bond donors (Lipinski definition) is 0. The van der Waals surface area contributed by atoms with Crippen molar-refractivity contribution in [2.24, 2.45) is 0 Å². The average molecular weight is 601 g/mol. The van der Waals surface area contributed by atoms with Crippen molar-refractivity contribution in [2.75, 3.05) is 0 Å². The molecule has 0 bridgehead atoms. The van der Waals surface area contributed by atoms with E-state index in [9.17, 15) is 0 Å². The summed E-state index contributed by atoms with van der Waals surface area (Å²) in [6.45, 7) is 2.14. The van der Waals surface area contributed by atoms with Crippen molar-refractivity contribution >= 4 is 43.6 Å². The number of rotatable bonds is 1. The molecule has 4 heterocycles. The molecule has 0 saturated carbocycles. The predicted octanol–water partition coefficient (Wildman–Crippen LogP) is 11.0. The number of aromatic nitrogens is 2. The molecule has 2 aliphatic rings. The standard InChI is InChI=1S/C44H28N2O/c1-27-21-23-28(24-22-27)45-37-17-6-3-12-30(37)32-25-36-42(26-40(32)45)47-41-20-9-5-15-34(41)44(36)33-14-4-8-19-39(33)46-38-18-7-2-11-29(38)31-13-10-16-35(44)43(31)46/h2-26H,1H3. The van der Waals surface area contributed by atoms with Gasteiger partial charge in [-0.3, -0.25) is 0 Å². The zero-order chi connectivity index (χ0) is 30.9. The summed E-state index contributed by atoms with van der Waals surface area (Å²) in [7, 11) is 0. The number of para-hydroxylation sites is 5. The van der Waals surface area contributed by atoms with Gasteiger partial charge in [0.25, 0.3) is 0 Å². The van der Waals surface area contributed by atoms with Crippen molar-refractivity contribution in [1.82, 2.24) is 9.13 Å². The summed E-state index contributed by atoms with van der Waals surface area (Å²) in [5, 5.41) is 5.00. The molecule has 2 aromatic heterocycles. The van der Waals surface area contributed by atoms with Crippen molar-refractivity contribution < 1.29 is 4.74 Å². The van der Waals surface area contributed by atoms with Crippen LogP contribution in [0.1, 0.15) is 27.8 Å². The first-order valence-corrected chi connectivity index (χ1v) is 16.3. The highest BCUT2D eigenvalue weighted by Gasteiger charge is 2.50. The molecule has 0 aliphatic carbocycles. The first-order valence-electron chi connectivity index (χ1n) is 16.3. The zero-order valence-electron chi connectivity index (χ0n) is 25.7. The Morgan fingerprint density at radius 2 is 1.09 bits per heavy atom. The summed E-state index contributed by atoms with van der Waals surface area (Å²) in [5.74, 6) is 1.79. The molecule has 1 spiro atoms. The van der Waals surface area contributed by atoms with E-state index < -0.39 is 5.41 Å². The van der Waals surface area contributed by atoms with Gasteiger partial charge in [-0.05, 0) is 60.5 Å². The lowest BCUT2D eigenvalue weighted by Gasteiger charge is -2.45. The minimum absolute atomic E-state index is 0.591. The highest BCUT2D eigenvalue weighted by Crippen LogP contribution is 2.61. The van der Waals surface area contributed by atoms with Gasteiger partial charge in [0.15, 0.2) is 0 Å². The molecule has 7 aromatic carbocycles. The molecule has 3 heteroatoms. The second kappa shape index (κ2) is 8.80. The van der Waals surface area contributed by atoms with Crippen LogP contribution in [-0.2, 0) is 5.41 Å². The maximum absolute atomic E-state index is 6.96. The molecule has 1 atom stereocenters. The highest BCUT2D eigenvalue weighted by molar-refractivity contribution is 6.13. The van der Waals surface area contributed by atoms with Crippen LogP contribution in [0.2, 0.25) is 0 Å². The van der Waals surface area contributed by atoms with Crippen molar-refractivity contribution in [3.63, 3.8) is 0 Å². The van der Waals surface area contributed by atoms with Gasteiger partial charge in [0.2, 0.25) is 0 Å². The molecule has 47 heavy (non-hydrogen) atoms. The Hall–Kier alpha value is -6.06. The summed E-state index contributed by atoms with van der Waals surface area (Å²) in [6, 6.07) is 55.6. The van der Waals surface area contributed by atoms with Crippen LogP contribution in [-0.4, -0.2) is 9.13 Å². The Bertz CT molecular complexity index is 2780. The molecular weight excluding hydrogens is 572 g/mol. The van der Waals surface area contributed by atoms with Gasteiger partial charge < -0.3 is 13.9 Å². The van der Waals surface area contributed by atoms with E-state index in [2.05, 4.69) is 168 Å². The van der Waals surface area contributed by atoms with Crippen LogP contribution in [0.3, 0.4) is 0 Å². The molecule has 0 fully saturated rings. The van der Waals surface area contributed by atoms with Crippen molar-refractivity contribution in [3.05, 3.63) is 179 Å². The zero-order valence-corrected chi connectivity index (χ0v) is 25.7. The van der Waals surface area contributed by atoms with Crippen LogP contribution >= 0.6 is 0 Å². The van der Waals surface area contributed by atoms with Gasteiger partial charge in [-0.1, -0.05) is 109 Å². The minimum Gasteiger partial charge on any atom is -0.457 e. The Balaban J connectivity index is 1.35. The second-order valence-electron chi connectivity index (χ2n) is 13.0. The molecular formula is C44H28N2O. The van der Waals surface area contributed by atoms with Gasteiger partial charge in [-0.25, -0.2) is 0 Å². The fourth-order valence-electron chi connectivity index (χ4n) is 8.76. The fourth-order valence-corrected chi connectivity index (χ4v) is 8.76. The third kappa shape index (κ3) is 3.02. The summed E-state index contributed by atoms with van der Waals surface area (Å²) in [6.07, 6.45) is 0. The van der Waals surface area contributed by atoms with Gasteiger partial charge in [-0.2, -0.15) is 0 Å². The van der Waals surface area contributed by atoms with E-state index in [1.807, 2.05) is 0 Å². The molecule has 1 unspecified atom stereocenters. The van der Waals surface area contributed by atoms with E-state index in [4.69, 9.17) is 4.74 Å². The predicted molar refractivity (Wildman–Crippen MR) is 192 cm³/mol. The fraction of sp³-hybridized carbons (Fsp3) is 0.0455. The quantitative estimate of drug-likeness (QED) is 0.183. The van der Waals surface area contributed by atoms with Gasteiger partial charge in [-0.15, -0.1) is 0 Å². The lowest BCUT2D eigenvalue weighted by molar-refractivity contribution is 0.435. The topological polar surface area (TPSA) is 19.1 Å². The molecule has 0 N–H and O–H groups in total. The largest absolute Gasteiger partial charge is 0.457 e. The number of ether oxygens (including phenoxy) is 1. The molecule has 9 aromatic rings. The van der Waals surface area contributed by atoms with E-state index in [1.165, 1.54) is 71.6 Å². The second-order valence-corrected chi connectivity index (χ2v) is 13.0. The Morgan fingerprint density at radius 1 is 0.447 bits per heavy atom. The van der Waals surface area contributed by atoms with E-state index >= 15 is 0 Å². The Morgan fingerprint density at radius 3 is 1.91 bits per heavy atom. The molecule has 220 valence electrons. The SMILES string of the molecule is Cc1ccc(-n2c3ccccc3c3cc4c(cc32)Oc2ccccc2C42c3ccccc3-n3c4ccccc4c4cccc2c43)cc1. The van der Waals surface area contributed by atoms with Gasteiger partial charge >= 0.3 is 0 Å². The van der Waals surface area contributed by atoms with E-state index in [0.29, 0.717) is 0 Å². The van der Waals surface area contributed by atoms with Crippen LogP contribution in [0.15, 0.2) is 152 Å². The van der Waals surface area contributed by atoms with Crippen molar-refractivity contribution in [3.8, 4) is 22.9 Å². The number of nitrogens with zero attached hydrogens (tertiary/aromatic N) is 2. The van der Waals surface area contributed by atoms with E-state index in [0.717, 1.165) is 22.7 Å². The molecule has 0 amide bonds. The lowest BCUT2D eigenvalue weighted by Crippen LogP contribution is -2.37. The number of fused-ring (bicyclic) bond motifs is 14. The number of benzene rings is 7. The third-order valence-corrected chi connectivity index (χ3v) is 10.6. The summed E-state index contributed by atoms with van der Waals surface area (Å²) >= 11 is 0. The molecule has 0 radical (unpaired) electrons. The van der Waals surface area contributed by atoms with Crippen LogP contribution < -0.4 is 4.74 Å². The van der Waals surface area contributed by atoms with Gasteiger partial charge in [0.05, 0.1) is 33.2 Å². The highest BCUT2D eigenvalue weighted by atomic mass is 16.5. The Labute approximate surface area is 271 Å². The van der Waals surface area contributed by atoms with E-state index in [1.54, 1.807) is 0 Å². The summed E-state index contributed by atoms with van der Waals surface area (Å²) in [4.78, 5) is 0. The van der Waals surface area contributed by atoms with Crippen LogP contribution in [0.25, 0.3) is 55.0 Å². The normalized spacial score (nSPS) is 16.0. The molecule has 2 aliphatic heterocycles. The maximum Gasteiger partial charge on any atom is 0.134 e. The number of aryl methyl sites for hydroxylation is 1. The van der Waals surface area contributed by atoms with Crippen LogP contribution in [0.5, 0.6) is 11.5 Å². The van der Waals surface area contributed by atoms with Crippen LogP contribution in [0.4, 0.5) is 0 Å². The summed E-state index contributed by atoms with van der Waals surface area (Å²) in [5.41, 5.74) is 12.7. The molecule has 0 saturated heterocycles. The van der Waals surface area contributed by atoms with Crippen molar-refractivity contribution in [2.45, 2.75) is 12.3 Å². The molecule has 11 rings (SSSR count). The van der Waals surface area contributed by atoms with Crippen LogP contribution in [0, 0.1) is 6.92 Å². The summed E-state index contributed by atoms with van der Waals surface area (Å²) < 4.78 is 11.8. The average Bonchev–Trinajstić information content (AvgIpc) is 3.63. The maximum atomic E-state index is 6.96. The first-order chi connectivity index (χ1) is 23.2. The molecule has 3 nitrogen and oxygen atoms in total. The minimum atomic E-state index is -0.591. The smallest absolute Gasteiger partial charge is 0.134 e. The van der Waals surface area contributed by atoms with Gasteiger partial charge in [0.1, 0.15) is 11.5 Å². The Kier molecular flexibility index (Phi) is 4.71. The first kappa shape index (κ1) is 25.2.